The SMILES string of the molecule is COC(=O)c1csc(C(=O)CCCN2CCCN(C)CC2)c1C. The molecule has 0 amide bonds. The van der Waals surface area contributed by atoms with Crippen LogP contribution in [0.5, 0.6) is 0 Å². The van der Waals surface area contributed by atoms with Crippen LogP contribution >= 0.6 is 11.3 Å². The van der Waals surface area contributed by atoms with E-state index in [1.807, 2.05) is 6.92 Å². The molecule has 0 aromatic carbocycles. The maximum atomic E-state index is 12.4. The molecule has 0 spiro atoms. The zero-order valence-electron chi connectivity index (χ0n) is 14.3. The number of rotatable bonds is 6. The topological polar surface area (TPSA) is 49.9 Å². The second-order valence-corrected chi connectivity index (χ2v) is 7.00. The third-order valence-corrected chi connectivity index (χ3v) is 5.51. The predicted octanol–water partition coefficient (Wildman–Crippen LogP) is 2.44. The van der Waals surface area contributed by atoms with Gasteiger partial charge in [-0.25, -0.2) is 4.79 Å². The molecule has 2 rings (SSSR count). The fourth-order valence-electron chi connectivity index (χ4n) is 2.90. The van der Waals surface area contributed by atoms with Crippen LogP contribution in [-0.4, -0.2) is 68.4 Å². The van der Waals surface area contributed by atoms with E-state index in [2.05, 4.69) is 16.8 Å². The van der Waals surface area contributed by atoms with E-state index in [-0.39, 0.29) is 11.8 Å². The van der Waals surface area contributed by atoms with Crippen LogP contribution in [0.4, 0.5) is 0 Å². The maximum Gasteiger partial charge on any atom is 0.338 e. The van der Waals surface area contributed by atoms with Crippen molar-refractivity contribution in [1.82, 2.24) is 9.80 Å². The molecule has 1 fully saturated rings. The number of carbonyl (C=O) groups is 2. The van der Waals surface area contributed by atoms with Gasteiger partial charge in [0.1, 0.15) is 0 Å². The van der Waals surface area contributed by atoms with Crippen molar-refractivity contribution in [1.29, 1.82) is 0 Å². The van der Waals surface area contributed by atoms with Crippen LogP contribution in [-0.2, 0) is 4.74 Å². The quantitative estimate of drug-likeness (QED) is 0.589. The fourth-order valence-corrected chi connectivity index (χ4v) is 3.93. The molecule has 5 nitrogen and oxygen atoms in total. The minimum Gasteiger partial charge on any atom is -0.465 e. The van der Waals surface area contributed by atoms with Gasteiger partial charge in [0.05, 0.1) is 17.6 Å². The summed E-state index contributed by atoms with van der Waals surface area (Å²) in [7, 11) is 3.52. The summed E-state index contributed by atoms with van der Waals surface area (Å²) in [6.07, 6.45) is 2.60. The molecule has 0 unspecified atom stereocenters. The van der Waals surface area contributed by atoms with E-state index in [9.17, 15) is 9.59 Å². The van der Waals surface area contributed by atoms with Crippen molar-refractivity contribution < 1.29 is 14.3 Å². The summed E-state index contributed by atoms with van der Waals surface area (Å²) >= 11 is 1.35. The zero-order valence-corrected chi connectivity index (χ0v) is 15.1. The van der Waals surface area contributed by atoms with Gasteiger partial charge in [0.2, 0.25) is 0 Å². The first kappa shape index (κ1) is 18.1. The lowest BCUT2D eigenvalue weighted by Gasteiger charge is -2.19. The Morgan fingerprint density at radius 1 is 1.26 bits per heavy atom. The summed E-state index contributed by atoms with van der Waals surface area (Å²) in [6.45, 7) is 7.23. The van der Waals surface area contributed by atoms with Crippen LogP contribution < -0.4 is 0 Å². The number of ether oxygens (including phenoxy) is 1. The van der Waals surface area contributed by atoms with Crippen LogP contribution in [0.2, 0.25) is 0 Å². The normalized spacial score (nSPS) is 17.0. The van der Waals surface area contributed by atoms with Crippen LogP contribution in [0, 0.1) is 6.92 Å². The molecule has 0 saturated carbocycles. The highest BCUT2D eigenvalue weighted by molar-refractivity contribution is 7.12. The van der Waals surface area contributed by atoms with Crippen molar-refractivity contribution in [3.05, 3.63) is 21.4 Å². The van der Waals surface area contributed by atoms with E-state index in [4.69, 9.17) is 4.74 Å². The third kappa shape index (κ3) is 4.86. The molecule has 1 aliphatic rings. The van der Waals surface area contributed by atoms with Gasteiger partial charge in [-0.15, -0.1) is 11.3 Å². The first-order chi connectivity index (χ1) is 11.0. The zero-order chi connectivity index (χ0) is 16.8. The number of hydrogen-bond donors (Lipinski definition) is 0. The van der Waals surface area contributed by atoms with Gasteiger partial charge in [0.25, 0.3) is 0 Å². The van der Waals surface area contributed by atoms with Crippen molar-refractivity contribution >= 4 is 23.1 Å². The van der Waals surface area contributed by atoms with E-state index in [1.165, 1.54) is 24.9 Å². The first-order valence-electron chi connectivity index (χ1n) is 8.13. The molecule has 0 bridgehead atoms. The number of methoxy groups -OCH3 is 1. The number of hydrogen-bond acceptors (Lipinski definition) is 6. The second-order valence-electron chi connectivity index (χ2n) is 6.12. The molecule has 0 atom stereocenters. The van der Waals surface area contributed by atoms with E-state index < -0.39 is 0 Å². The van der Waals surface area contributed by atoms with Gasteiger partial charge >= 0.3 is 5.97 Å². The second kappa shape index (κ2) is 8.57. The molecule has 1 aliphatic heterocycles. The fraction of sp³-hybridized carbons (Fsp3) is 0.647. The van der Waals surface area contributed by atoms with Crippen molar-refractivity contribution in [2.75, 3.05) is 46.9 Å². The number of likely N-dealkylation sites (N-methyl/N-ethyl adjacent to an activating group) is 1. The number of esters is 1. The third-order valence-electron chi connectivity index (χ3n) is 4.39. The van der Waals surface area contributed by atoms with E-state index >= 15 is 0 Å². The van der Waals surface area contributed by atoms with Crippen molar-refractivity contribution in [2.24, 2.45) is 0 Å². The van der Waals surface area contributed by atoms with E-state index in [0.29, 0.717) is 16.9 Å². The molecule has 0 aliphatic carbocycles. The van der Waals surface area contributed by atoms with E-state index in [1.54, 1.807) is 5.38 Å². The average Bonchev–Trinajstić information content (AvgIpc) is 2.80. The molecule has 23 heavy (non-hydrogen) atoms. The first-order valence-corrected chi connectivity index (χ1v) is 9.01. The summed E-state index contributed by atoms with van der Waals surface area (Å²) < 4.78 is 4.74. The number of carbonyl (C=O) groups excluding carboxylic acids is 2. The minimum absolute atomic E-state index is 0.134. The van der Waals surface area contributed by atoms with Crippen molar-refractivity contribution in [2.45, 2.75) is 26.2 Å². The lowest BCUT2D eigenvalue weighted by atomic mass is 10.1. The molecule has 1 aromatic rings. The summed E-state index contributed by atoms with van der Waals surface area (Å²) in [5, 5.41) is 1.72. The Hall–Kier alpha value is -1.24. The van der Waals surface area contributed by atoms with Gasteiger partial charge in [0, 0.05) is 24.9 Å². The van der Waals surface area contributed by atoms with Gasteiger partial charge in [-0.05, 0) is 52.0 Å². The molecule has 0 N–H and O–H groups in total. The Morgan fingerprint density at radius 2 is 2.04 bits per heavy atom. The number of nitrogens with zero attached hydrogens (tertiary/aromatic N) is 2. The summed E-state index contributed by atoms with van der Waals surface area (Å²) in [5.41, 5.74) is 1.26. The lowest BCUT2D eigenvalue weighted by Crippen LogP contribution is -2.30. The molecule has 6 heteroatoms. The lowest BCUT2D eigenvalue weighted by molar-refractivity contribution is 0.0600. The standard InChI is InChI=1S/C17H26N2O3S/c1-13-14(17(21)22-3)12-23-16(13)15(20)6-4-8-19-9-5-7-18(2)10-11-19/h12H,4-11H2,1-3H3. The van der Waals surface area contributed by atoms with Crippen LogP contribution in [0.3, 0.4) is 0 Å². The minimum atomic E-state index is -0.369. The number of ketones is 1. The van der Waals surface area contributed by atoms with E-state index in [0.717, 1.165) is 44.7 Å². The molecule has 1 saturated heterocycles. The summed E-state index contributed by atoms with van der Waals surface area (Å²) in [6, 6.07) is 0. The van der Waals surface area contributed by atoms with Gasteiger partial charge in [-0.2, -0.15) is 0 Å². The molecule has 2 heterocycles. The van der Waals surface area contributed by atoms with Gasteiger partial charge in [-0.1, -0.05) is 0 Å². The smallest absolute Gasteiger partial charge is 0.338 e. The highest BCUT2D eigenvalue weighted by Gasteiger charge is 2.19. The van der Waals surface area contributed by atoms with Gasteiger partial charge in [-0.3, -0.25) is 4.79 Å². The highest BCUT2D eigenvalue weighted by Crippen LogP contribution is 2.24. The molecule has 1 aromatic heterocycles. The maximum absolute atomic E-state index is 12.4. The Labute approximate surface area is 142 Å². The highest BCUT2D eigenvalue weighted by atomic mass is 32.1. The Morgan fingerprint density at radius 3 is 2.78 bits per heavy atom. The molecular formula is C17H26N2O3S. The number of thiophene rings is 1. The number of Topliss-reactive ketones (excluding diaryl/α,β-unsaturated/α-hetero) is 1. The summed E-state index contributed by atoms with van der Waals surface area (Å²) in [5.74, 6) is -0.235. The molecule has 0 radical (unpaired) electrons. The van der Waals surface area contributed by atoms with Crippen LogP contribution in [0.15, 0.2) is 5.38 Å². The Kier molecular flexibility index (Phi) is 6.74. The van der Waals surface area contributed by atoms with Crippen molar-refractivity contribution in [3.8, 4) is 0 Å². The Balaban J connectivity index is 1.83. The molecular weight excluding hydrogens is 312 g/mol. The predicted molar refractivity (Wildman–Crippen MR) is 92.5 cm³/mol. The van der Waals surface area contributed by atoms with Crippen LogP contribution in [0.25, 0.3) is 0 Å². The monoisotopic (exact) mass is 338 g/mol. The van der Waals surface area contributed by atoms with Gasteiger partial charge < -0.3 is 14.5 Å². The van der Waals surface area contributed by atoms with Gasteiger partial charge in [0.15, 0.2) is 5.78 Å². The molecule has 128 valence electrons. The van der Waals surface area contributed by atoms with Crippen LogP contribution in [0.1, 0.15) is 44.9 Å². The summed E-state index contributed by atoms with van der Waals surface area (Å²) in [4.78, 5) is 29.5. The Bertz CT molecular complexity index is 556. The largest absolute Gasteiger partial charge is 0.465 e. The van der Waals surface area contributed by atoms with Crippen molar-refractivity contribution in [3.63, 3.8) is 0 Å². The average molecular weight is 338 g/mol.